The first-order valence-electron chi connectivity index (χ1n) is 6.26. The molecule has 1 heterocycles. The molecule has 0 amide bonds. The second-order valence-electron chi connectivity index (χ2n) is 4.63. The Balaban J connectivity index is 2.09. The second-order valence-corrected chi connectivity index (χ2v) is 5.54. The maximum absolute atomic E-state index is 13.8. The van der Waals surface area contributed by atoms with Crippen molar-refractivity contribution in [1.82, 2.24) is 0 Å². The summed E-state index contributed by atoms with van der Waals surface area (Å²) in [6.07, 6.45) is 3.68. The average molecular weight is 301 g/mol. The van der Waals surface area contributed by atoms with E-state index in [1.807, 2.05) is 6.07 Å². The normalized spacial score (nSPS) is 24.7. The Labute approximate surface area is 110 Å². The molecular weight excluding hydrogens is 283 g/mol. The lowest BCUT2D eigenvalue weighted by molar-refractivity contribution is 0.347. The lowest BCUT2D eigenvalue weighted by Gasteiger charge is -2.15. The lowest BCUT2D eigenvalue weighted by Crippen LogP contribution is -2.06. The molecule has 2 rings (SSSR count). The van der Waals surface area contributed by atoms with E-state index in [9.17, 15) is 4.39 Å². The smallest absolute Gasteiger partial charge is 0.126 e. The summed E-state index contributed by atoms with van der Waals surface area (Å²) in [5, 5.41) is 0. The van der Waals surface area contributed by atoms with E-state index < -0.39 is 0 Å². The second kappa shape index (κ2) is 5.49. The molecule has 0 bridgehead atoms. The van der Waals surface area contributed by atoms with Gasteiger partial charge in [-0.1, -0.05) is 29.8 Å². The predicted octanol–water partition coefficient (Wildman–Crippen LogP) is 4.65. The van der Waals surface area contributed by atoms with E-state index in [4.69, 9.17) is 4.74 Å². The van der Waals surface area contributed by atoms with E-state index in [0.717, 1.165) is 29.3 Å². The van der Waals surface area contributed by atoms with Gasteiger partial charge < -0.3 is 4.74 Å². The van der Waals surface area contributed by atoms with Gasteiger partial charge in [-0.15, -0.1) is 0 Å². The summed E-state index contributed by atoms with van der Waals surface area (Å²) >= 11 is 3.40. The summed E-state index contributed by atoms with van der Waals surface area (Å²) < 4.78 is 20.3. The van der Waals surface area contributed by atoms with E-state index >= 15 is 0 Å². The fourth-order valence-corrected chi connectivity index (χ4v) is 2.75. The summed E-state index contributed by atoms with van der Waals surface area (Å²) in [6.45, 7) is 4.24. The van der Waals surface area contributed by atoms with Gasteiger partial charge in [-0.2, -0.15) is 0 Å². The van der Waals surface area contributed by atoms with Crippen LogP contribution in [0.2, 0.25) is 0 Å². The molecule has 1 aromatic carbocycles. The molecule has 0 spiro atoms. The van der Waals surface area contributed by atoms with Gasteiger partial charge in [-0.25, -0.2) is 4.39 Å². The predicted molar refractivity (Wildman–Crippen MR) is 70.7 cm³/mol. The highest BCUT2D eigenvalue weighted by Crippen LogP contribution is 2.37. The Morgan fingerprint density at radius 2 is 2.12 bits per heavy atom. The molecule has 0 aliphatic carbocycles. The topological polar surface area (TPSA) is 12.5 Å². The maximum atomic E-state index is 13.8. The van der Waals surface area contributed by atoms with Gasteiger partial charge >= 0.3 is 0 Å². The fraction of sp³-hybridized carbons (Fsp3) is 0.571. The van der Waals surface area contributed by atoms with Crippen LogP contribution in [0.25, 0.3) is 0 Å². The molecule has 1 aliphatic heterocycles. The van der Waals surface area contributed by atoms with Gasteiger partial charge in [0.05, 0.1) is 12.2 Å². The molecule has 0 N–H and O–H groups in total. The van der Waals surface area contributed by atoms with E-state index in [2.05, 4.69) is 29.8 Å². The summed E-state index contributed by atoms with van der Waals surface area (Å²) in [7, 11) is 0. The zero-order valence-electron chi connectivity index (χ0n) is 10.2. The third-order valence-electron chi connectivity index (χ3n) is 3.50. The minimum absolute atomic E-state index is 0.103. The molecule has 3 atom stereocenters. The van der Waals surface area contributed by atoms with Crippen molar-refractivity contribution in [2.45, 2.75) is 51.2 Å². The molecule has 1 aliphatic rings. The Kier molecular flexibility index (Phi) is 4.21. The van der Waals surface area contributed by atoms with Crippen molar-refractivity contribution in [1.29, 1.82) is 0 Å². The summed E-state index contributed by atoms with van der Waals surface area (Å²) in [6, 6.07) is 5.17. The van der Waals surface area contributed by atoms with Crippen molar-refractivity contribution in [3.63, 3.8) is 0 Å². The third-order valence-corrected chi connectivity index (χ3v) is 3.99. The van der Waals surface area contributed by atoms with Crippen LogP contribution in [-0.4, -0.2) is 12.2 Å². The van der Waals surface area contributed by atoms with Crippen molar-refractivity contribution >= 4 is 15.9 Å². The molecule has 1 fully saturated rings. The molecule has 0 aromatic heterocycles. The summed E-state index contributed by atoms with van der Waals surface area (Å²) in [5.41, 5.74) is 0.812. The first kappa shape index (κ1) is 13.0. The van der Waals surface area contributed by atoms with Crippen LogP contribution >= 0.6 is 15.9 Å². The van der Waals surface area contributed by atoms with Gasteiger partial charge in [0.1, 0.15) is 5.82 Å². The first-order chi connectivity index (χ1) is 8.15. The van der Waals surface area contributed by atoms with Crippen LogP contribution in [0, 0.1) is 5.82 Å². The highest BCUT2D eigenvalue weighted by molar-refractivity contribution is 9.10. The zero-order chi connectivity index (χ0) is 12.4. The Bertz CT molecular complexity index is 394. The molecule has 17 heavy (non-hydrogen) atoms. The first-order valence-corrected chi connectivity index (χ1v) is 7.05. The van der Waals surface area contributed by atoms with Crippen LogP contribution in [-0.2, 0) is 4.74 Å². The number of epoxide rings is 1. The molecule has 94 valence electrons. The van der Waals surface area contributed by atoms with Crippen LogP contribution in [0.3, 0.4) is 0 Å². The largest absolute Gasteiger partial charge is 0.370 e. The summed E-state index contributed by atoms with van der Waals surface area (Å²) in [5.74, 6) is 0.155. The number of benzene rings is 1. The number of hydrogen-bond donors (Lipinski definition) is 0. The third kappa shape index (κ3) is 3.08. The molecule has 0 radical (unpaired) electrons. The zero-order valence-corrected chi connectivity index (χ0v) is 11.8. The van der Waals surface area contributed by atoms with Gasteiger partial charge in [0.2, 0.25) is 0 Å². The lowest BCUT2D eigenvalue weighted by atomic mass is 9.90. The quantitative estimate of drug-likeness (QED) is 0.721. The van der Waals surface area contributed by atoms with Gasteiger partial charge in [0.15, 0.2) is 0 Å². The Hall–Kier alpha value is -0.410. The molecule has 1 aromatic rings. The SMILES string of the molecule is CCC(CC1OC1CC)c1cc(Br)ccc1F. The van der Waals surface area contributed by atoms with E-state index in [-0.39, 0.29) is 11.7 Å². The van der Waals surface area contributed by atoms with Gasteiger partial charge in [-0.05, 0) is 48.9 Å². The highest BCUT2D eigenvalue weighted by atomic mass is 79.9. The van der Waals surface area contributed by atoms with Crippen LogP contribution in [0.5, 0.6) is 0 Å². The van der Waals surface area contributed by atoms with Crippen molar-refractivity contribution in [2.24, 2.45) is 0 Å². The monoisotopic (exact) mass is 300 g/mol. The van der Waals surface area contributed by atoms with Gasteiger partial charge in [0.25, 0.3) is 0 Å². The van der Waals surface area contributed by atoms with Crippen LogP contribution < -0.4 is 0 Å². The average Bonchev–Trinajstić information content (AvgIpc) is 3.08. The molecular formula is C14H18BrFO. The standard InChI is InChI=1S/C14H18BrFO/c1-3-9(7-14-13(4-2)17-14)11-8-10(15)5-6-12(11)16/h5-6,8-9,13-14H,3-4,7H2,1-2H3. The number of halogens is 2. The van der Waals surface area contributed by atoms with Crippen LogP contribution in [0.1, 0.15) is 44.6 Å². The molecule has 1 nitrogen and oxygen atoms in total. The maximum Gasteiger partial charge on any atom is 0.126 e. The number of ether oxygens (including phenoxy) is 1. The van der Waals surface area contributed by atoms with Gasteiger partial charge in [-0.3, -0.25) is 0 Å². The number of hydrogen-bond acceptors (Lipinski definition) is 1. The fourth-order valence-electron chi connectivity index (χ4n) is 2.37. The van der Waals surface area contributed by atoms with Crippen molar-refractivity contribution in [3.05, 3.63) is 34.1 Å². The van der Waals surface area contributed by atoms with Crippen LogP contribution in [0.15, 0.2) is 22.7 Å². The molecule has 3 heteroatoms. The minimum Gasteiger partial charge on any atom is -0.370 e. The Morgan fingerprint density at radius 3 is 2.71 bits per heavy atom. The van der Waals surface area contributed by atoms with Crippen LogP contribution in [0.4, 0.5) is 4.39 Å². The highest BCUT2D eigenvalue weighted by Gasteiger charge is 2.38. The Morgan fingerprint density at radius 1 is 1.35 bits per heavy atom. The molecule has 1 saturated heterocycles. The van der Waals surface area contributed by atoms with E-state index in [1.165, 1.54) is 6.07 Å². The summed E-state index contributed by atoms with van der Waals surface area (Å²) in [4.78, 5) is 0. The minimum atomic E-state index is -0.103. The van der Waals surface area contributed by atoms with E-state index in [1.54, 1.807) is 6.07 Å². The van der Waals surface area contributed by atoms with E-state index in [0.29, 0.717) is 12.2 Å². The van der Waals surface area contributed by atoms with Crippen molar-refractivity contribution in [2.75, 3.05) is 0 Å². The van der Waals surface area contributed by atoms with Crippen molar-refractivity contribution < 1.29 is 9.13 Å². The molecule has 3 unspecified atom stereocenters. The molecule has 0 saturated carbocycles. The van der Waals surface area contributed by atoms with Crippen molar-refractivity contribution in [3.8, 4) is 0 Å². The van der Waals surface area contributed by atoms with Gasteiger partial charge in [0, 0.05) is 4.47 Å². The number of rotatable bonds is 5.